The average Bonchev–Trinajstić information content (AvgIpc) is 2.41. The van der Waals surface area contributed by atoms with Gasteiger partial charge in [0.2, 0.25) is 0 Å². The van der Waals surface area contributed by atoms with Crippen molar-refractivity contribution in [3.63, 3.8) is 0 Å². The highest BCUT2D eigenvalue weighted by molar-refractivity contribution is 5.28. The van der Waals surface area contributed by atoms with Gasteiger partial charge >= 0.3 is 0 Å². The van der Waals surface area contributed by atoms with Crippen LogP contribution in [0.1, 0.15) is 12.5 Å². The smallest absolute Gasteiger partial charge is 0.119 e. The summed E-state index contributed by atoms with van der Waals surface area (Å²) in [7, 11) is 1.69. The van der Waals surface area contributed by atoms with Crippen LogP contribution in [-0.4, -0.2) is 38.6 Å². The number of rotatable bonds is 9. The fraction of sp³-hybridized carbons (Fsp3) is 0.571. The Hall–Kier alpha value is -1.10. The van der Waals surface area contributed by atoms with E-state index in [0.717, 1.165) is 18.8 Å². The van der Waals surface area contributed by atoms with Gasteiger partial charge in [0.05, 0.1) is 13.2 Å². The summed E-state index contributed by atoms with van der Waals surface area (Å²) < 4.78 is 10.6. The van der Waals surface area contributed by atoms with E-state index in [1.807, 2.05) is 25.1 Å². The first-order chi connectivity index (χ1) is 8.76. The monoisotopic (exact) mass is 253 g/mol. The van der Waals surface area contributed by atoms with E-state index in [4.69, 9.17) is 14.6 Å². The molecule has 1 atom stereocenters. The SMILES string of the molecule is COCCNCc1cccc(OCC(C)CO)c1. The van der Waals surface area contributed by atoms with Crippen LogP contribution in [0.4, 0.5) is 0 Å². The van der Waals surface area contributed by atoms with Gasteiger partial charge < -0.3 is 19.9 Å². The summed E-state index contributed by atoms with van der Waals surface area (Å²) in [6.45, 7) is 4.99. The molecule has 0 aromatic heterocycles. The zero-order valence-electron chi connectivity index (χ0n) is 11.2. The highest BCUT2D eigenvalue weighted by Crippen LogP contribution is 2.14. The van der Waals surface area contributed by atoms with Gasteiger partial charge in [0, 0.05) is 32.7 Å². The molecular weight excluding hydrogens is 230 g/mol. The minimum absolute atomic E-state index is 0.151. The van der Waals surface area contributed by atoms with Gasteiger partial charge in [0.1, 0.15) is 5.75 Å². The fourth-order valence-electron chi connectivity index (χ4n) is 1.44. The predicted octanol–water partition coefficient (Wildman–Crippen LogP) is 1.43. The third-order valence-electron chi connectivity index (χ3n) is 2.56. The van der Waals surface area contributed by atoms with Crippen LogP contribution in [0.15, 0.2) is 24.3 Å². The molecule has 1 rings (SSSR count). The Balaban J connectivity index is 2.36. The summed E-state index contributed by atoms with van der Waals surface area (Å²) in [4.78, 5) is 0. The highest BCUT2D eigenvalue weighted by Gasteiger charge is 2.02. The number of aliphatic hydroxyl groups is 1. The molecule has 0 saturated heterocycles. The second kappa shape index (κ2) is 8.91. The van der Waals surface area contributed by atoms with E-state index < -0.39 is 0 Å². The maximum absolute atomic E-state index is 8.93. The van der Waals surface area contributed by atoms with Gasteiger partial charge in [0.15, 0.2) is 0 Å². The van der Waals surface area contributed by atoms with Crippen LogP contribution in [0.2, 0.25) is 0 Å². The Bertz CT molecular complexity index is 331. The van der Waals surface area contributed by atoms with E-state index in [2.05, 4.69) is 11.4 Å². The molecule has 18 heavy (non-hydrogen) atoms. The summed E-state index contributed by atoms with van der Waals surface area (Å²) in [5.74, 6) is 1.01. The number of hydrogen-bond donors (Lipinski definition) is 2. The molecule has 1 unspecified atom stereocenters. The van der Waals surface area contributed by atoms with Crippen molar-refractivity contribution < 1.29 is 14.6 Å². The summed E-state index contributed by atoms with van der Waals surface area (Å²) in [6, 6.07) is 7.99. The van der Waals surface area contributed by atoms with Crippen molar-refractivity contribution >= 4 is 0 Å². The van der Waals surface area contributed by atoms with Gasteiger partial charge in [-0.2, -0.15) is 0 Å². The van der Waals surface area contributed by atoms with E-state index in [9.17, 15) is 0 Å². The topological polar surface area (TPSA) is 50.7 Å². The van der Waals surface area contributed by atoms with E-state index in [1.165, 1.54) is 5.56 Å². The molecule has 1 aromatic carbocycles. The lowest BCUT2D eigenvalue weighted by Gasteiger charge is -2.11. The first kappa shape index (κ1) is 15.0. The van der Waals surface area contributed by atoms with Crippen molar-refractivity contribution in [2.75, 3.05) is 33.5 Å². The summed E-state index contributed by atoms with van der Waals surface area (Å²) in [6.07, 6.45) is 0. The van der Waals surface area contributed by atoms with Crippen molar-refractivity contribution in [2.45, 2.75) is 13.5 Å². The number of benzene rings is 1. The Labute approximate surface area is 109 Å². The molecule has 0 heterocycles. The molecule has 0 radical (unpaired) electrons. The molecule has 2 N–H and O–H groups in total. The van der Waals surface area contributed by atoms with Crippen LogP contribution in [0, 0.1) is 5.92 Å². The second-order valence-corrected chi connectivity index (χ2v) is 4.42. The quantitative estimate of drug-likeness (QED) is 0.654. The molecule has 0 bridgehead atoms. The molecule has 4 heteroatoms. The summed E-state index contributed by atoms with van der Waals surface area (Å²) in [5.41, 5.74) is 1.18. The summed E-state index contributed by atoms with van der Waals surface area (Å²) >= 11 is 0. The molecule has 0 aliphatic carbocycles. The van der Waals surface area contributed by atoms with E-state index >= 15 is 0 Å². The Morgan fingerprint density at radius 2 is 2.22 bits per heavy atom. The van der Waals surface area contributed by atoms with Gasteiger partial charge in [-0.25, -0.2) is 0 Å². The standard InChI is InChI=1S/C14H23NO3/c1-12(10-16)11-18-14-5-3-4-13(8-14)9-15-6-7-17-2/h3-5,8,12,15-16H,6-7,9-11H2,1-2H3. The molecular formula is C14H23NO3. The molecule has 4 nitrogen and oxygen atoms in total. The molecule has 0 saturated carbocycles. The van der Waals surface area contributed by atoms with Crippen molar-refractivity contribution in [3.8, 4) is 5.75 Å². The van der Waals surface area contributed by atoms with E-state index in [-0.39, 0.29) is 12.5 Å². The van der Waals surface area contributed by atoms with Crippen LogP contribution in [0.3, 0.4) is 0 Å². The maximum atomic E-state index is 8.93. The average molecular weight is 253 g/mol. The first-order valence-electron chi connectivity index (χ1n) is 6.28. The predicted molar refractivity (Wildman–Crippen MR) is 71.8 cm³/mol. The Morgan fingerprint density at radius 3 is 2.94 bits per heavy atom. The van der Waals surface area contributed by atoms with Crippen LogP contribution >= 0.6 is 0 Å². The number of aliphatic hydroxyl groups excluding tert-OH is 1. The lowest BCUT2D eigenvalue weighted by Crippen LogP contribution is -2.18. The second-order valence-electron chi connectivity index (χ2n) is 4.42. The number of methoxy groups -OCH3 is 1. The van der Waals surface area contributed by atoms with E-state index in [0.29, 0.717) is 13.2 Å². The van der Waals surface area contributed by atoms with Gasteiger partial charge in [0.25, 0.3) is 0 Å². The van der Waals surface area contributed by atoms with Gasteiger partial charge in [-0.15, -0.1) is 0 Å². The molecule has 1 aromatic rings. The van der Waals surface area contributed by atoms with Crippen LogP contribution < -0.4 is 10.1 Å². The van der Waals surface area contributed by atoms with Crippen LogP contribution in [0.5, 0.6) is 5.75 Å². The fourth-order valence-corrected chi connectivity index (χ4v) is 1.44. The minimum Gasteiger partial charge on any atom is -0.493 e. The van der Waals surface area contributed by atoms with Crippen molar-refractivity contribution in [3.05, 3.63) is 29.8 Å². The van der Waals surface area contributed by atoms with Gasteiger partial charge in [-0.05, 0) is 17.7 Å². The summed E-state index contributed by atoms with van der Waals surface area (Å²) in [5, 5.41) is 12.2. The van der Waals surface area contributed by atoms with Crippen LogP contribution in [-0.2, 0) is 11.3 Å². The normalized spacial score (nSPS) is 12.4. The largest absolute Gasteiger partial charge is 0.493 e. The highest BCUT2D eigenvalue weighted by atomic mass is 16.5. The lowest BCUT2D eigenvalue weighted by atomic mass is 10.2. The minimum atomic E-state index is 0.151. The third-order valence-corrected chi connectivity index (χ3v) is 2.56. The first-order valence-corrected chi connectivity index (χ1v) is 6.28. The van der Waals surface area contributed by atoms with Crippen molar-refractivity contribution in [1.82, 2.24) is 5.32 Å². The van der Waals surface area contributed by atoms with Gasteiger partial charge in [-0.1, -0.05) is 19.1 Å². The van der Waals surface area contributed by atoms with Crippen molar-refractivity contribution in [1.29, 1.82) is 0 Å². The van der Waals surface area contributed by atoms with Crippen LogP contribution in [0.25, 0.3) is 0 Å². The zero-order chi connectivity index (χ0) is 13.2. The number of ether oxygens (including phenoxy) is 2. The lowest BCUT2D eigenvalue weighted by molar-refractivity contribution is 0.174. The third kappa shape index (κ3) is 6.00. The Morgan fingerprint density at radius 1 is 1.39 bits per heavy atom. The zero-order valence-corrected chi connectivity index (χ0v) is 11.2. The molecule has 0 fully saturated rings. The number of nitrogens with one attached hydrogen (secondary N) is 1. The maximum Gasteiger partial charge on any atom is 0.119 e. The van der Waals surface area contributed by atoms with E-state index in [1.54, 1.807) is 7.11 Å². The molecule has 102 valence electrons. The Kier molecular flexibility index (Phi) is 7.41. The molecule has 0 amide bonds. The van der Waals surface area contributed by atoms with Crippen molar-refractivity contribution in [2.24, 2.45) is 5.92 Å². The molecule has 0 aliphatic heterocycles. The molecule has 0 aliphatic rings. The molecule has 0 spiro atoms. The van der Waals surface area contributed by atoms with Gasteiger partial charge in [-0.3, -0.25) is 0 Å². The number of hydrogen-bond acceptors (Lipinski definition) is 4.